The molecule has 100 valence electrons. The van der Waals surface area contributed by atoms with Crippen LogP contribution in [-0.2, 0) is 0 Å². The summed E-state index contributed by atoms with van der Waals surface area (Å²) < 4.78 is 5.18. The van der Waals surface area contributed by atoms with Crippen LogP contribution in [0, 0.1) is 6.92 Å². The third kappa shape index (κ3) is 2.91. The molecule has 1 fully saturated rings. The zero-order valence-corrected chi connectivity index (χ0v) is 10.8. The van der Waals surface area contributed by atoms with Gasteiger partial charge in [0.2, 0.25) is 0 Å². The van der Waals surface area contributed by atoms with Crippen LogP contribution in [0.4, 0.5) is 0 Å². The van der Waals surface area contributed by atoms with Gasteiger partial charge in [0.25, 0.3) is 5.91 Å². The SMILES string of the molecule is Cc1occc1C(=O)N1CCCN(CCO)CC1. The Morgan fingerprint density at radius 1 is 1.39 bits per heavy atom. The molecule has 1 N–H and O–H groups in total. The van der Waals surface area contributed by atoms with Gasteiger partial charge in [0.05, 0.1) is 18.4 Å². The van der Waals surface area contributed by atoms with E-state index >= 15 is 0 Å². The minimum Gasteiger partial charge on any atom is -0.469 e. The normalized spacial score (nSPS) is 17.8. The molecule has 1 aromatic rings. The van der Waals surface area contributed by atoms with Gasteiger partial charge in [0, 0.05) is 26.2 Å². The van der Waals surface area contributed by atoms with Crippen molar-refractivity contribution in [3.63, 3.8) is 0 Å². The quantitative estimate of drug-likeness (QED) is 0.861. The number of amides is 1. The molecule has 0 aromatic carbocycles. The molecule has 1 aliphatic rings. The second-order valence-electron chi connectivity index (χ2n) is 4.60. The van der Waals surface area contributed by atoms with Crippen LogP contribution in [-0.4, -0.2) is 60.1 Å². The lowest BCUT2D eigenvalue weighted by molar-refractivity contribution is 0.0759. The summed E-state index contributed by atoms with van der Waals surface area (Å²) in [5, 5.41) is 8.94. The van der Waals surface area contributed by atoms with Crippen LogP contribution in [0.1, 0.15) is 22.5 Å². The van der Waals surface area contributed by atoms with Gasteiger partial charge in [-0.1, -0.05) is 0 Å². The van der Waals surface area contributed by atoms with Crippen LogP contribution in [0.2, 0.25) is 0 Å². The summed E-state index contributed by atoms with van der Waals surface area (Å²) in [4.78, 5) is 16.4. The number of nitrogens with zero attached hydrogens (tertiary/aromatic N) is 2. The van der Waals surface area contributed by atoms with Crippen molar-refractivity contribution >= 4 is 5.91 Å². The van der Waals surface area contributed by atoms with Gasteiger partial charge in [0.15, 0.2) is 0 Å². The van der Waals surface area contributed by atoms with E-state index in [4.69, 9.17) is 9.52 Å². The molecule has 0 spiro atoms. The Labute approximate surface area is 107 Å². The number of hydrogen-bond donors (Lipinski definition) is 1. The molecule has 5 nitrogen and oxygen atoms in total. The highest BCUT2D eigenvalue weighted by molar-refractivity contribution is 5.95. The fourth-order valence-electron chi connectivity index (χ4n) is 2.32. The van der Waals surface area contributed by atoms with E-state index in [0.29, 0.717) is 24.4 Å². The van der Waals surface area contributed by atoms with Gasteiger partial charge in [-0.25, -0.2) is 0 Å². The Hall–Kier alpha value is -1.33. The average Bonchev–Trinajstić information content (AvgIpc) is 2.64. The smallest absolute Gasteiger partial charge is 0.257 e. The largest absolute Gasteiger partial charge is 0.469 e. The molecule has 1 saturated heterocycles. The van der Waals surface area contributed by atoms with E-state index in [1.54, 1.807) is 12.3 Å². The standard InChI is InChI=1S/C13H20N2O3/c1-11-12(3-10-18-11)13(17)15-5-2-4-14(6-7-15)8-9-16/h3,10,16H,2,4-9H2,1H3. The summed E-state index contributed by atoms with van der Waals surface area (Å²) in [5.74, 6) is 0.726. The summed E-state index contributed by atoms with van der Waals surface area (Å²) in [5.41, 5.74) is 0.658. The molecule has 2 rings (SSSR count). The molecule has 0 bridgehead atoms. The number of carbonyl (C=O) groups is 1. The van der Waals surface area contributed by atoms with Gasteiger partial charge in [-0.3, -0.25) is 9.69 Å². The molecule has 0 radical (unpaired) electrons. The number of rotatable bonds is 3. The van der Waals surface area contributed by atoms with Gasteiger partial charge in [-0.05, 0) is 26.0 Å². The summed E-state index contributed by atoms with van der Waals surface area (Å²) in [6.45, 7) is 5.91. The number of β-amino-alcohol motifs (C(OH)–C–C–N with tert-alkyl or cyclic N) is 1. The monoisotopic (exact) mass is 252 g/mol. The second-order valence-corrected chi connectivity index (χ2v) is 4.60. The fraction of sp³-hybridized carbons (Fsp3) is 0.615. The van der Waals surface area contributed by atoms with E-state index in [2.05, 4.69) is 4.90 Å². The van der Waals surface area contributed by atoms with E-state index < -0.39 is 0 Å². The number of aliphatic hydroxyl groups excluding tert-OH is 1. The Kier molecular flexibility index (Phi) is 4.38. The number of aliphatic hydroxyl groups is 1. The van der Waals surface area contributed by atoms with Crippen LogP contribution in [0.15, 0.2) is 16.7 Å². The van der Waals surface area contributed by atoms with Crippen LogP contribution in [0.25, 0.3) is 0 Å². The third-order valence-corrected chi connectivity index (χ3v) is 3.38. The summed E-state index contributed by atoms with van der Waals surface area (Å²) >= 11 is 0. The van der Waals surface area contributed by atoms with Gasteiger partial charge in [-0.2, -0.15) is 0 Å². The van der Waals surface area contributed by atoms with Gasteiger partial charge in [0.1, 0.15) is 5.76 Å². The van der Waals surface area contributed by atoms with E-state index in [0.717, 1.165) is 26.1 Å². The van der Waals surface area contributed by atoms with Gasteiger partial charge in [-0.15, -0.1) is 0 Å². The lowest BCUT2D eigenvalue weighted by atomic mass is 10.2. The van der Waals surface area contributed by atoms with E-state index in [1.165, 1.54) is 0 Å². The summed E-state index contributed by atoms with van der Waals surface area (Å²) in [7, 11) is 0. The van der Waals surface area contributed by atoms with Crippen molar-refractivity contribution in [2.45, 2.75) is 13.3 Å². The zero-order valence-electron chi connectivity index (χ0n) is 10.8. The van der Waals surface area contributed by atoms with E-state index in [-0.39, 0.29) is 12.5 Å². The predicted molar refractivity (Wildman–Crippen MR) is 67.5 cm³/mol. The number of carbonyl (C=O) groups excluding carboxylic acids is 1. The topological polar surface area (TPSA) is 56.9 Å². The zero-order chi connectivity index (χ0) is 13.0. The maximum absolute atomic E-state index is 12.3. The molecule has 0 unspecified atom stereocenters. The molecule has 0 atom stereocenters. The van der Waals surface area contributed by atoms with E-state index in [9.17, 15) is 4.79 Å². The van der Waals surface area contributed by atoms with Gasteiger partial charge < -0.3 is 14.4 Å². The summed E-state index contributed by atoms with van der Waals surface area (Å²) in [6, 6.07) is 1.73. The molecule has 0 saturated carbocycles. The molecule has 1 aromatic heterocycles. The fourth-order valence-corrected chi connectivity index (χ4v) is 2.32. The maximum Gasteiger partial charge on any atom is 0.257 e. The molecule has 5 heteroatoms. The molecular weight excluding hydrogens is 232 g/mol. The molecule has 1 amide bonds. The highest BCUT2D eigenvalue weighted by Crippen LogP contribution is 2.13. The highest BCUT2D eigenvalue weighted by Gasteiger charge is 2.22. The lowest BCUT2D eigenvalue weighted by Gasteiger charge is -2.21. The van der Waals surface area contributed by atoms with Gasteiger partial charge >= 0.3 is 0 Å². The Morgan fingerprint density at radius 2 is 2.22 bits per heavy atom. The first-order valence-electron chi connectivity index (χ1n) is 6.39. The molecule has 0 aliphatic carbocycles. The highest BCUT2D eigenvalue weighted by atomic mass is 16.3. The van der Waals surface area contributed by atoms with E-state index in [1.807, 2.05) is 11.8 Å². The van der Waals surface area contributed by atoms with Crippen LogP contribution < -0.4 is 0 Å². The molecular formula is C13H20N2O3. The Bertz CT molecular complexity index is 403. The first-order chi connectivity index (χ1) is 8.72. The van der Waals surface area contributed by atoms with Crippen molar-refractivity contribution in [3.8, 4) is 0 Å². The second kappa shape index (κ2) is 6.02. The lowest BCUT2D eigenvalue weighted by Crippen LogP contribution is -2.36. The number of hydrogen-bond acceptors (Lipinski definition) is 4. The van der Waals surface area contributed by atoms with Crippen LogP contribution >= 0.6 is 0 Å². The third-order valence-electron chi connectivity index (χ3n) is 3.38. The predicted octanol–water partition coefficient (Wildman–Crippen LogP) is 0.728. The average molecular weight is 252 g/mol. The van der Waals surface area contributed by atoms with Crippen LogP contribution in [0.3, 0.4) is 0 Å². The molecule has 18 heavy (non-hydrogen) atoms. The number of furan rings is 1. The Morgan fingerprint density at radius 3 is 2.89 bits per heavy atom. The van der Waals surface area contributed by atoms with Crippen molar-refractivity contribution < 1.29 is 14.3 Å². The van der Waals surface area contributed by atoms with Crippen molar-refractivity contribution in [3.05, 3.63) is 23.7 Å². The Balaban J connectivity index is 1.98. The minimum atomic E-state index is 0.0482. The van der Waals surface area contributed by atoms with Crippen LogP contribution in [0.5, 0.6) is 0 Å². The van der Waals surface area contributed by atoms with Crippen molar-refractivity contribution in [2.75, 3.05) is 39.3 Å². The van der Waals surface area contributed by atoms with Crippen molar-refractivity contribution in [1.82, 2.24) is 9.80 Å². The summed E-state index contributed by atoms with van der Waals surface area (Å²) in [6.07, 6.45) is 2.50. The minimum absolute atomic E-state index is 0.0482. The molecule has 1 aliphatic heterocycles. The van der Waals surface area contributed by atoms with Crippen molar-refractivity contribution in [1.29, 1.82) is 0 Å². The first kappa shape index (κ1) is 13.1. The maximum atomic E-state index is 12.3. The number of aryl methyl sites for hydroxylation is 1. The molecule has 2 heterocycles. The van der Waals surface area contributed by atoms with Crippen molar-refractivity contribution in [2.24, 2.45) is 0 Å². The first-order valence-corrected chi connectivity index (χ1v) is 6.39.